The van der Waals surface area contributed by atoms with E-state index in [4.69, 9.17) is 0 Å². The monoisotopic (exact) mass is 289 g/mol. The van der Waals surface area contributed by atoms with Crippen molar-refractivity contribution in [2.24, 2.45) is 0 Å². The van der Waals surface area contributed by atoms with Crippen LogP contribution in [-0.4, -0.2) is 12.2 Å². The second-order valence-electron chi connectivity index (χ2n) is 6.53. The summed E-state index contributed by atoms with van der Waals surface area (Å²) in [6.45, 7) is 4.48. The lowest BCUT2D eigenvalue weighted by molar-refractivity contribution is 0.472. The summed E-state index contributed by atoms with van der Waals surface area (Å²) in [6.07, 6.45) is 0. The van der Waals surface area contributed by atoms with Crippen LogP contribution in [0, 0.1) is 0 Å². The molecular weight excluding hydrogens is 270 g/mol. The van der Waals surface area contributed by atoms with E-state index in [-0.39, 0.29) is 5.54 Å². The first-order valence-corrected chi connectivity index (χ1v) is 7.59. The van der Waals surface area contributed by atoms with Crippen molar-refractivity contribution in [1.82, 2.24) is 0 Å². The Bertz CT molecular complexity index is 895. The summed E-state index contributed by atoms with van der Waals surface area (Å²) in [5, 5.41) is 12.4. The number of anilines is 1. The van der Waals surface area contributed by atoms with Gasteiger partial charge in [-0.15, -0.1) is 0 Å². The fourth-order valence-electron chi connectivity index (χ4n) is 3.65. The molecule has 0 saturated carbocycles. The minimum atomic E-state index is -0.142. The Morgan fingerprint density at radius 3 is 2.45 bits per heavy atom. The number of phenols is 1. The Kier molecular flexibility index (Phi) is 2.56. The molecule has 1 aliphatic rings. The summed E-state index contributed by atoms with van der Waals surface area (Å²) in [5.74, 6) is 0.311. The Morgan fingerprint density at radius 2 is 1.64 bits per heavy atom. The number of hydrogen-bond donors (Lipinski definition) is 1. The molecule has 0 aliphatic carbocycles. The van der Waals surface area contributed by atoms with E-state index in [1.807, 2.05) is 12.1 Å². The van der Waals surface area contributed by atoms with Crippen LogP contribution in [0.2, 0.25) is 0 Å². The third-order valence-corrected chi connectivity index (χ3v) is 5.01. The predicted octanol–water partition coefficient (Wildman–Crippen LogP) is 4.90. The zero-order valence-corrected chi connectivity index (χ0v) is 13.1. The molecule has 2 nitrogen and oxygen atoms in total. The van der Waals surface area contributed by atoms with Gasteiger partial charge in [0.05, 0.1) is 5.54 Å². The molecule has 4 rings (SSSR count). The number of hydrogen-bond acceptors (Lipinski definition) is 2. The van der Waals surface area contributed by atoms with E-state index in [9.17, 15) is 5.11 Å². The lowest BCUT2D eigenvalue weighted by Gasteiger charge is -2.44. The van der Waals surface area contributed by atoms with Gasteiger partial charge in [0.1, 0.15) is 5.75 Å². The second-order valence-corrected chi connectivity index (χ2v) is 6.53. The van der Waals surface area contributed by atoms with Crippen LogP contribution in [0.3, 0.4) is 0 Å². The molecule has 0 spiro atoms. The van der Waals surface area contributed by atoms with Crippen LogP contribution < -0.4 is 4.90 Å². The summed E-state index contributed by atoms with van der Waals surface area (Å²) in [4.78, 5) is 2.26. The van der Waals surface area contributed by atoms with E-state index < -0.39 is 0 Å². The summed E-state index contributed by atoms with van der Waals surface area (Å²) in [5.41, 5.74) is 4.73. The van der Waals surface area contributed by atoms with Crippen molar-refractivity contribution in [1.29, 1.82) is 0 Å². The first kappa shape index (κ1) is 13.2. The molecule has 2 heteroatoms. The van der Waals surface area contributed by atoms with E-state index in [1.54, 1.807) is 6.07 Å². The number of aromatic hydroxyl groups is 1. The Balaban J connectivity index is 2.16. The molecule has 22 heavy (non-hydrogen) atoms. The average molecular weight is 289 g/mol. The Labute approximate surface area is 130 Å². The van der Waals surface area contributed by atoms with Crippen molar-refractivity contribution in [3.8, 4) is 16.9 Å². The molecule has 1 aliphatic heterocycles. The highest BCUT2D eigenvalue weighted by Crippen LogP contribution is 2.49. The first-order chi connectivity index (χ1) is 10.5. The van der Waals surface area contributed by atoms with E-state index in [2.05, 4.69) is 62.2 Å². The van der Waals surface area contributed by atoms with Crippen LogP contribution in [-0.2, 0) is 5.54 Å². The number of phenolic OH excluding ortho intramolecular Hbond substituents is 1. The molecule has 0 aromatic heterocycles. The maximum atomic E-state index is 9.87. The lowest BCUT2D eigenvalue weighted by atomic mass is 9.78. The van der Waals surface area contributed by atoms with Gasteiger partial charge in [-0.2, -0.15) is 0 Å². The normalized spacial score (nSPS) is 15.5. The fraction of sp³-hybridized carbons (Fsp3) is 0.200. The van der Waals surface area contributed by atoms with Gasteiger partial charge in [0, 0.05) is 24.4 Å². The Morgan fingerprint density at radius 1 is 0.909 bits per heavy atom. The van der Waals surface area contributed by atoms with Crippen LogP contribution in [0.25, 0.3) is 21.9 Å². The minimum Gasteiger partial charge on any atom is -0.508 e. The zero-order valence-electron chi connectivity index (χ0n) is 13.1. The van der Waals surface area contributed by atoms with Crippen molar-refractivity contribution in [3.63, 3.8) is 0 Å². The topological polar surface area (TPSA) is 23.5 Å². The molecule has 3 aromatic rings. The van der Waals surface area contributed by atoms with Crippen LogP contribution >= 0.6 is 0 Å². The van der Waals surface area contributed by atoms with Crippen molar-refractivity contribution >= 4 is 16.5 Å². The molecule has 1 N–H and O–H groups in total. The molecule has 0 atom stereocenters. The molecule has 0 saturated heterocycles. The van der Waals surface area contributed by atoms with Crippen LogP contribution in [0.4, 0.5) is 5.69 Å². The Hall–Kier alpha value is -2.48. The molecule has 3 aromatic carbocycles. The van der Waals surface area contributed by atoms with Gasteiger partial charge in [0.2, 0.25) is 0 Å². The molecule has 0 bridgehead atoms. The highest BCUT2D eigenvalue weighted by molar-refractivity contribution is 5.98. The van der Waals surface area contributed by atoms with Gasteiger partial charge < -0.3 is 10.0 Å². The van der Waals surface area contributed by atoms with Crippen molar-refractivity contribution in [2.45, 2.75) is 19.4 Å². The summed E-state index contributed by atoms with van der Waals surface area (Å²) in [7, 11) is 2.10. The fourth-order valence-corrected chi connectivity index (χ4v) is 3.65. The lowest BCUT2D eigenvalue weighted by Crippen LogP contribution is -2.41. The van der Waals surface area contributed by atoms with Crippen molar-refractivity contribution in [3.05, 3.63) is 60.2 Å². The molecule has 0 unspecified atom stereocenters. The zero-order chi connectivity index (χ0) is 15.5. The van der Waals surface area contributed by atoms with Gasteiger partial charge >= 0.3 is 0 Å². The summed E-state index contributed by atoms with van der Waals surface area (Å²) >= 11 is 0. The summed E-state index contributed by atoms with van der Waals surface area (Å²) < 4.78 is 0. The molecule has 1 heterocycles. The molecule has 0 amide bonds. The van der Waals surface area contributed by atoms with Gasteiger partial charge in [-0.25, -0.2) is 0 Å². The maximum Gasteiger partial charge on any atom is 0.117 e. The highest BCUT2D eigenvalue weighted by Gasteiger charge is 2.36. The number of nitrogens with zero attached hydrogens (tertiary/aromatic N) is 1. The standard InChI is InChI=1S/C20H19NO/c1-20(2)19-15-7-5-4-6-13(15)8-10-17(19)16-11-9-14(22)12-18(16)21(20)3/h4-12,22H,1-3H3. The van der Waals surface area contributed by atoms with Crippen molar-refractivity contribution < 1.29 is 5.11 Å². The highest BCUT2D eigenvalue weighted by atomic mass is 16.3. The first-order valence-electron chi connectivity index (χ1n) is 7.59. The quantitative estimate of drug-likeness (QED) is 0.636. The van der Waals surface area contributed by atoms with Gasteiger partial charge in [0.25, 0.3) is 0 Å². The minimum absolute atomic E-state index is 0.142. The van der Waals surface area contributed by atoms with Gasteiger partial charge in [-0.05, 0) is 47.9 Å². The molecular formula is C20H19NO. The average Bonchev–Trinajstić information content (AvgIpc) is 2.52. The van der Waals surface area contributed by atoms with Gasteiger partial charge in [0.15, 0.2) is 0 Å². The molecule has 110 valence electrons. The smallest absolute Gasteiger partial charge is 0.117 e. The number of benzene rings is 3. The third-order valence-electron chi connectivity index (χ3n) is 5.01. The third kappa shape index (κ3) is 1.61. The second kappa shape index (κ2) is 4.26. The molecule has 0 fully saturated rings. The predicted molar refractivity (Wildman–Crippen MR) is 92.5 cm³/mol. The largest absolute Gasteiger partial charge is 0.508 e. The summed E-state index contributed by atoms with van der Waals surface area (Å²) in [6, 6.07) is 18.6. The van der Waals surface area contributed by atoms with E-state index >= 15 is 0 Å². The number of rotatable bonds is 0. The maximum absolute atomic E-state index is 9.87. The SMILES string of the molecule is CN1c2cc(O)ccc2-c2ccc3ccccc3c2C1(C)C. The van der Waals surface area contributed by atoms with Crippen LogP contribution in [0.5, 0.6) is 5.75 Å². The van der Waals surface area contributed by atoms with E-state index in [0.29, 0.717) is 5.75 Å². The van der Waals surface area contributed by atoms with E-state index in [1.165, 1.54) is 27.5 Å². The van der Waals surface area contributed by atoms with Gasteiger partial charge in [-0.1, -0.05) is 36.4 Å². The van der Waals surface area contributed by atoms with Gasteiger partial charge in [-0.3, -0.25) is 0 Å². The van der Waals surface area contributed by atoms with Crippen LogP contribution in [0.1, 0.15) is 19.4 Å². The molecule has 0 radical (unpaired) electrons. The van der Waals surface area contributed by atoms with E-state index in [0.717, 1.165) is 5.69 Å². The van der Waals surface area contributed by atoms with Crippen molar-refractivity contribution in [2.75, 3.05) is 11.9 Å². The van der Waals surface area contributed by atoms with Crippen LogP contribution in [0.15, 0.2) is 54.6 Å². The number of fused-ring (bicyclic) bond motifs is 5.